The van der Waals surface area contributed by atoms with Gasteiger partial charge in [-0.15, -0.1) is 0 Å². The summed E-state index contributed by atoms with van der Waals surface area (Å²) in [5, 5.41) is 5.25. The Morgan fingerprint density at radius 3 is 3.00 bits per heavy atom. The van der Waals surface area contributed by atoms with Gasteiger partial charge in [0.1, 0.15) is 5.15 Å². The number of fused-ring (bicyclic) bond motifs is 1. The van der Waals surface area contributed by atoms with Gasteiger partial charge in [-0.05, 0) is 5.92 Å². The lowest BCUT2D eigenvalue weighted by Gasteiger charge is -2.09. The standard InChI is InChI=1S/C10H15ClN2O/c1-7(2)5-13-10(11)8-6-14-4-3-9(8)12-13/h7H,3-6H2,1-2H3. The number of aromatic nitrogens is 2. The molecule has 0 aromatic carbocycles. The Hall–Kier alpha value is -0.540. The molecule has 1 aliphatic rings. The maximum Gasteiger partial charge on any atom is 0.132 e. The third-order valence-corrected chi connectivity index (χ3v) is 2.76. The van der Waals surface area contributed by atoms with Gasteiger partial charge in [0, 0.05) is 18.5 Å². The van der Waals surface area contributed by atoms with E-state index in [1.54, 1.807) is 0 Å². The molecule has 0 saturated heterocycles. The fourth-order valence-corrected chi connectivity index (χ4v) is 1.95. The third-order valence-electron chi connectivity index (χ3n) is 2.33. The summed E-state index contributed by atoms with van der Waals surface area (Å²) in [7, 11) is 0. The largest absolute Gasteiger partial charge is 0.376 e. The fourth-order valence-electron chi connectivity index (χ4n) is 1.68. The zero-order valence-corrected chi connectivity index (χ0v) is 9.34. The number of nitrogens with zero attached hydrogens (tertiary/aromatic N) is 2. The van der Waals surface area contributed by atoms with Crippen molar-refractivity contribution in [3.8, 4) is 0 Å². The fraction of sp³-hybridized carbons (Fsp3) is 0.700. The summed E-state index contributed by atoms with van der Waals surface area (Å²) in [4.78, 5) is 0. The molecule has 3 nitrogen and oxygen atoms in total. The minimum absolute atomic E-state index is 0.565. The van der Waals surface area contributed by atoms with Crippen LogP contribution in [0, 0.1) is 5.92 Å². The van der Waals surface area contributed by atoms with Crippen LogP contribution in [0.3, 0.4) is 0 Å². The van der Waals surface area contributed by atoms with Gasteiger partial charge in [0.15, 0.2) is 0 Å². The van der Waals surface area contributed by atoms with Crippen molar-refractivity contribution in [1.82, 2.24) is 9.78 Å². The first-order valence-electron chi connectivity index (χ1n) is 5.00. The molecule has 78 valence electrons. The highest BCUT2D eigenvalue weighted by Crippen LogP contribution is 2.25. The first kappa shape index (κ1) is 9.99. The van der Waals surface area contributed by atoms with Crippen LogP contribution >= 0.6 is 11.6 Å². The van der Waals surface area contributed by atoms with Crippen LogP contribution in [0.15, 0.2) is 0 Å². The van der Waals surface area contributed by atoms with E-state index >= 15 is 0 Å². The van der Waals surface area contributed by atoms with E-state index in [2.05, 4.69) is 18.9 Å². The van der Waals surface area contributed by atoms with Crippen molar-refractivity contribution in [2.45, 2.75) is 33.4 Å². The Morgan fingerprint density at radius 2 is 2.36 bits per heavy atom. The van der Waals surface area contributed by atoms with Gasteiger partial charge in [-0.1, -0.05) is 25.4 Å². The zero-order valence-electron chi connectivity index (χ0n) is 8.59. The summed E-state index contributed by atoms with van der Waals surface area (Å²) in [5.74, 6) is 0.565. The average Bonchev–Trinajstić information content (AvgIpc) is 2.44. The van der Waals surface area contributed by atoms with E-state index in [4.69, 9.17) is 16.3 Å². The van der Waals surface area contributed by atoms with Gasteiger partial charge in [0.25, 0.3) is 0 Å². The second-order valence-electron chi connectivity index (χ2n) is 4.09. The summed E-state index contributed by atoms with van der Waals surface area (Å²) >= 11 is 6.21. The predicted octanol–water partition coefficient (Wildman–Crippen LogP) is 2.27. The van der Waals surface area contributed by atoms with Crippen LogP contribution in [0.25, 0.3) is 0 Å². The highest BCUT2D eigenvalue weighted by Gasteiger charge is 2.19. The lowest BCUT2D eigenvalue weighted by Crippen LogP contribution is -2.08. The van der Waals surface area contributed by atoms with Crippen molar-refractivity contribution in [1.29, 1.82) is 0 Å². The molecule has 1 aromatic heterocycles. The number of rotatable bonds is 2. The minimum Gasteiger partial charge on any atom is -0.376 e. The Kier molecular flexibility index (Phi) is 2.79. The molecule has 1 aliphatic heterocycles. The van der Waals surface area contributed by atoms with Gasteiger partial charge in [0.2, 0.25) is 0 Å². The highest BCUT2D eigenvalue weighted by molar-refractivity contribution is 6.30. The summed E-state index contributed by atoms with van der Waals surface area (Å²) in [6.07, 6.45) is 0.889. The molecular formula is C10H15ClN2O. The van der Waals surface area contributed by atoms with Crippen LogP contribution in [-0.4, -0.2) is 16.4 Å². The van der Waals surface area contributed by atoms with Gasteiger partial charge in [-0.3, -0.25) is 4.68 Å². The molecule has 0 fully saturated rings. The normalized spacial score (nSPS) is 16.0. The van der Waals surface area contributed by atoms with Crippen molar-refractivity contribution in [3.63, 3.8) is 0 Å². The Bertz CT molecular complexity index is 333. The van der Waals surface area contributed by atoms with E-state index in [-0.39, 0.29) is 0 Å². The lowest BCUT2D eigenvalue weighted by atomic mass is 10.2. The average molecular weight is 215 g/mol. The van der Waals surface area contributed by atoms with E-state index in [1.165, 1.54) is 0 Å². The van der Waals surface area contributed by atoms with E-state index in [0.29, 0.717) is 12.5 Å². The third kappa shape index (κ3) is 1.79. The molecule has 0 atom stereocenters. The van der Waals surface area contributed by atoms with Crippen molar-refractivity contribution < 1.29 is 4.74 Å². The lowest BCUT2D eigenvalue weighted by molar-refractivity contribution is 0.110. The second-order valence-corrected chi connectivity index (χ2v) is 4.45. The molecule has 0 spiro atoms. The Balaban J connectivity index is 2.29. The van der Waals surface area contributed by atoms with E-state index in [9.17, 15) is 0 Å². The second kappa shape index (κ2) is 3.91. The van der Waals surface area contributed by atoms with Crippen molar-refractivity contribution >= 4 is 11.6 Å². The summed E-state index contributed by atoms with van der Waals surface area (Å²) in [6.45, 7) is 6.58. The number of hydrogen-bond acceptors (Lipinski definition) is 2. The van der Waals surface area contributed by atoms with Crippen LogP contribution in [0.2, 0.25) is 5.15 Å². The molecule has 2 rings (SSSR count). The molecular weight excluding hydrogens is 200 g/mol. The van der Waals surface area contributed by atoms with E-state index in [0.717, 1.165) is 36.0 Å². The number of ether oxygens (including phenoxy) is 1. The molecule has 14 heavy (non-hydrogen) atoms. The van der Waals surface area contributed by atoms with Crippen LogP contribution in [-0.2, 0) is 24.3 Å². The monoisotopic (exact) mass is 214 g/mol. The first-order valence-corrected chi connectivity index (χ1v) is 5.38. The molecule has 0 N–H and O–H groups in total. The molecule has 0 bridgehead atoms. The van der Waals surface area contributed by atoms with E-state index < -0.39 is 0 Å². The molecule has 0 aliphatic carbocycles. The van der Waals surface area contributed by atoms with Gasteiger partial charge in [-0.25, -0.2) is 0 Å². The first-order chi connectivity index (χ1) is 6.68. The molecule has 0 saturated carbocycles. The highest BCUT2D eigenvalue weighted by atomic mass is 35.5. The maximum atomic E-state index is 6.21. The molecule has 2 heterocycles. The summed E-state index contributed by atoms with van der Waals surface area (Å²) in [5.41, 5.74) is 2.19. The molecule has 0 amide bonds. The van der Waals surface area contributed by atoms with Gasteiger partial charge >= 0.3 is 0 Å². The molecule has 0 unspecified atom stereocenters. The maximum absolute atomic E-state index is 6.21. The predicted molar refractivity (Wildman–Crippen MR) is 55.4 cm³/mol. The molecule has 4 heteroatoms. The van der Waals surface area contributed by atoms with Crippen LogP contribution in [0.1, 0.15) is 25.1 Å². The Morgan fingerprint density at radius 1 is 1.57 bits per heavy atom. The number of hydrogen-bond donors (Lipinski definition) is 0. The zero-order chi connectivity index (χ0) is 10.1. The molecule has 1 aromatic rings. The summed E-state index contributed by atoms with van der Waals surface area (Å²) in [6, 6.07) is 0. The quantitative estimate of drug-likeness (QED) is 0.755. The van der Waals surface area contributed by atoms with Crippen molar-refractivity contribution in [2.24, 2.45) is 5.92 Å². The van der Waals surface area contributed by atoms with Crippen molar-refractivity contribution in [3.05, 3.63) is 16.4 Å². The van der Waals surface area contributed by atoms with Gasteiger partial charge < -0.3 is 4.74 Å². The molecule has 0 radical (unpaired) electrons. The topological polar surface area (TPSA) is 27.1 Å². The minimum atomic E-state index is 0.565. The van der Waals surface area contributed by atoms with E-state index in [1.807, 2.05) is 4.68 Å². The Labute approximate surface area is 89.0 Å². The summed E-state index contributed by atoms with van der Waals surface area (Å²) < 4.78 is 7.25. The van der Waals surface area contributed by atoms with Crippen molar-refractivity contribution in [2.75, 3.05) is 6.61 Å². The number of halogens is 1. The van der Waals surface area contributed by atoms with Crippen LogP contribution < -0.4 is 0 Å². The van der Waals surface area contributed by atoms with Gasteiger partial charge in [0.05, 0.1) is 18.9 Å². The van der Waals surface area contributed by atoms with Crippen LogP contribution in [0.5, 0.6) is 0 Å². The SMILES string of the molecule is CC(C)Cn1nc2c(c1Cl)COCC2. The smallest absolute Gasteiger partial charge is 0.132 e. The van der Waals surface area contributed by atoms with Crippen LogP contribution in [0.4, 0.5) is 0 Å². The van der Waals surface area contributed by atoms with Gasteiger partial charge in [-0.2, -0.15) is 5.10 Å².